The Bertz CT molecular complexity index is 885. The van der Waals surface area contributed by atoms with Crippen LogP contribution in [-0.2, 0) is 11.2 Å². The number of H-pyrrole nitrogens is 1. The molecule has 21 heavy (non-hydrogen) atoms. The van der Waals surface area contributed by atoms with Gasteiger partial charge in [0.05, 0.1) is 5.69 Å². The van der Waals surface area contributed by atoms with Crippen molar-refractivity contribution in [3.05, 3.63) is 65.4 Å². The van der Waals surface area contributed by atoms with Crippen LogP contribution in [-0.4, -0.2) is 15.9 Å². The first-order valence-corrected chi connectivity index (χ1v) is 6.86. The largest absolute Gasteiger partial charge is 0.508 e. The molecule has 1 heterocycles. The molecule has 3 aromatic rings. The molecule has 2 N–H and O–H groups in total. The fourth-order valence-corrected chi connectivity index (χ4v) is 2.90. The lowest BCUT2D eigenvalue weighted by molar-refractivity contribution is -0.112. The molecular weight excluding hydrogens is 262 g/mol. The number of benzene rings is 2. The second kappa shape index (κ2) is 4.35. The molecule has 0 spiro atoms. The summed E-state index contributed by atoms with van der Waals surface area (Å²) in [7, 11) is 0. The number of allylic oxidation sites excluding steroid dienone is 1. The monoisotopic (exact) mass is 275 g/mol. The molecule has 1 aliphatic rings. The summed E-state index contributed by atoms with van der Waals surface area (Å²) in [4.78, 5) is 15.6. The predicted octanol–water partition coefficient (Wildman–Crippen LogP) is 3.54. The first-order chi connectivity index (χ1) is 10.2. The summed E-state index contributed by atoms with van der Waals surface area (Å²) in [5, 5.41) is 10.4. The van der Waals surface area contributed by atoms with Crippen molar-refractivity contribution in [3.8, 4) is 5.75 Å². The number of phenolic OH excluding ortho intramolecular Hbond substituents is 1. The number of carbonyl (C=O) groups excluding carboxylic acids is 1. The Kier molecular flexibility index (Phi) is 2.48. The molecule has 0 fully saturated rings. The van der Waals surface area contributed by atoms with Gasteiger partial charge in [0.1, 0.15) is 5.75 Å². The number of ketones is 1. The minimum absolute atomic E-state index is 0.134. The fourth-order valence-electron chi connectivity index (χ4n) is 2.90. The van der Waals surface area contributed by atoms with E-state index < -0.39 is 0 Å². The smallest absolute Gasteiger partial charge is 0.169 e. The third-order valence-corrected chi connectivity index (χ3v) is 3.92. The number of rotatable bonds is 1. The average Bonchev–Trinajstić information content (AvgIpc) is 2.98. The van der Waals surface area contributed by atoms with Gasteiger partial charge in [-0.3, -0.25) is 4.79 Å². The highest BCUT2D eigenvalue weighted by molar-refractivity contribution is 6.30. The van der Waals surface area contributed by atoms with Crippen LogP contribution in [0.1, 0.15) is 16.8 Å². The average molecular weight is 275 g/mol. The summed E-state index contributed by atoms with van der Waals surface area (Å²) in [5.41, 5.74) is 4.69. The lowest BCUT2D eigenvalue weighted by Gasteiger charge is -1.99. The van der Waals surface area contributed by atoms with E-state index in [0.29, 0.717) is 12.0 Å². The van der Waals surface area contributed by atoms with E-state index in [1.54, 1.807) is 24.3 Å². The van der Waals surface area contributed by atoms with E-state index >= 15 is 0 Å². The second-order valence-electron chi connectivity index (χ2n) is 5.27. The summed E-state index contributed by atoms with van der Waals surface area (Å²) in [6.45, 7) is 0. The fraction of sp³-hybridized carbons (Fsp3) is 0.0556. The molecule has 0 atom stereocenters. The van der Waals surface area contributed by atoms with Gasteiger partial charge < -0.3 is 10.1 Å². The van der Waals surface area contributed by atoms with Crippen molar-refractivity contribution in [3.63, 3.8) is 0 Å². The Hall–Kier alpha value is -2.81. The van der Waals surface area contributed by atoms with Crippen molar-refractivity contribution in [2.24, 2.45) is 0 Å². The van der Waals surface area contributed by atoms with Crippen LogP contribution in [0.4, 0.5) is 0 Å². The number of fused-ring (bicyclic) bond motifs is 3. The molecule has 0 saturated carbocycles. The van der Waals surface area contributed by atoms with Gasteiger partial charge >= 0.3 is 0 Å². The second-order valence-corrected chi connectivity index (χ2v) is 5.27. The van der Waals surface area contributed by atoms with E-state index in [-0.39, 0.29) is 11.5 Å². The molecular formula is C18H13NO2. The minimum atomic E-state index is 0.134. The summed E-state index contributed by atoms with van der Waals surface area (Å²) >= 11 is 0. The summed E-state index contributed by atoms with van der Waals surface area (Å²) in [5.74, 6) is 0.358. The van der Waals surface area contributed by atoms with Crippen molar-refractivity contribution in [2.45, 2.75) is 6.42 Å². The number of Topliss-reactive ketones (excluding diaryl/α,β-unsaturated/α-hetero) is 1. The van der Waals surface area contributed by atoms with Crippen LogP contribution in [0.25, 0.3) is 22.6 Å². The van der Waals surface area contributed by atoms with Gasteiger partial charge in [0.2, 0.25) is 0 Å². The third kappa shape index (κ3) is 1.86. The number of aromatic hydroxyl groups is 1. The number of aromatic amines is 1. The number of nitrogens with one attached hydrogen (secondary N) is 1. The van der Waals surface area contributed by atoms with Gasteiger partial charge in [0.25, 0.3) is 0 Å². The van der Waals surface area contributed by atoms with Crippen LogP contribution in [0.3, 0.4) is 0 Å². The maximum Gasteiger partial charge on any atom is 0.169 e. The van der Waals surface area contributed by atoms with Gasteiger partial charge in [0.15, 0.2) is 5.78 Å². The molecule has 2 aromatic carbocycles. The van der Waals surface area contributed by atoms with E-state index in [4.69, 9.17) is 0 Å². The van der Waals surface area contributed by atoms with Crippen LogP contribution >= 0.6 is 0 Å². The zero-order valence-electron chi connectivity index (χ0n) is 11.3. The van der Waals surface area contributed by atoms with Crippen molar-refractivity contribution in [2.75, 3.05) is 0 Å². The third-order valence-electron chi connectivity index (χ3n) is 3.92. The maximum atomic E-state index is 12.3. The first-order valence-electron chi connectivity index (χ1n) is 6.86. The van der Waals surface area contributed by atoms with Gasteiger partial charge in [-0.15, -0.1) is 0 Å². The lowest BCUT2D eigenvalue weighted by Crippen LogP contribution is -1.95. The Morgan fingerprint density at radius 2 is 1.81 bits per heavy atom. The van der Waals surface area contributed by atoms with E-state index in [0.717, 1.165) is 27.7 Å². The number of para-hydroxylation sites is 1. The Balaban J connectivity index is 1.88. The maximum absolute atomic E-state index is 12.3. The molecule has 102 valence electrons. The molecule has 0 radical (unpaired) electrons. The van der Waals surface area contributed by atoms with Gasteiger partial charge in [-0.05, 0) is 35.4 Å². The van der Waals surface area contributed by atoms with Crippen molar-refractivity contribution in [1.29, 1.82) is 0 Å². The van der Waals surface area contributed by atoms with Crippen LogP contribution < -0.4 is 0 Å². The minimum Gasteiger partial charge on any atom is -0.508 e. The Morgan fingerprint density at radius 1 is 1.05 bits per heavy atom. The van der Waals surface area contributed by atoms with Gasteiger partial charge in [-0.2, -0.15) is 0 Å². The van der Waals surface area contributed by atoms with Crippen LogP contribution in [0.15, 0.2) is 48.5 Å². The molecule has 0 unspecified atom stereocenters. The van der Waals surface area contributed by atoms with Gasteiger partial charge in [0, 0.05) is 22.9 Å². The first kappa shape index (κ1) is 12.0. The predicted molar refractivity (Wildman–Crippen MR) is 83.0 cm³/mol. The summed E-state index contributed by atoms with van der Waals surface area (Å²) in [6.07, 6.45) is 2.33. The molecule has 0 aliphatic heterocycles. The van der Waals surface area contributed by atoms with E-state index in [9.17, 15) is 9.90 Å². The molecule has 3 nitrogen and oxygen atoms in total. The highest BCUT2D eigenvalue weighted by Gasteiger charge is 2.28. The highest BCUT2D eigenvalue weighted by Crippen LogP contribution is 2.35. The standard InChI is InChI=1S/C18H13NO2/c20-12-7-5-11(6-8-12)9-15-17(21)10-14-13-3-1-2-4-16(13)19-18(14)15/h1-9,19-20H,10H2/b15-9-. The normalized spacial score (nSPS) is 15.8. The molecule has 0 bridgehead atoms. The Labute approximate surface area is 121 Å². The topological polar surface area (TPSA) is 53.1 Å². The number of carbonyl (C=O) groups is 1. The number of hydrogen-bond acceptors (Lipinski definition) is 2. The molecule has 0 amide bonds. The lowest BCUT2D eigenvalue weighted by atomic mass is 10.1. The molecule has 0 saturated heterocycles. The van der Waals surface area contributed by atoms with Gasteiger partial charge in [-0.1, -0.05) is 30.3 Å². The molecule has 1 aliphatic carbocycles. The number of hydrogen-bond donors (Lipinski definition) is 2. The summed E-state index contributed by atoms with van der Waals surface area (Å²) < 4.78 is 0. The SMILES string of the molecule is O=C1Cc2c([nH]c3ccccc23)/C1=C\c1ccc(O)cc1. The Morgan fingerprint density at radius 3 is 2.62 bits per heavy atom. The van der Waals surface area contributed by atoms with E-state index in [1.165, 1.54) is 0 Å². The van der Waals surface area contributed by atoms with Crippen LogP contribution in [0.2, 0.25) is 0 Å². The van der Waals surface area contributed by atoms with E-state index in [2.05, 4.69) is 4.98 Å². The zero-order chi connectivity index (χ0) is 14.4. The summed E-state index contributed by atoms with van der Waals surface area (Å²) in [6, 6.07) is 14.9. The quantitative estimate of drug-likeness (QED) is 0.667. The molecule has 3 heteroatoms. The van der Waals surface area contributed by atoms with Crippen molar-refractivity contribution < 1.29 is 9.90 Å². The number of aromatic nitrogens is 1. The number of phenols is 1. The van der Waals surface area contributed by atoms with Crippen LogP contribution in [0, 0.1) is 0 Å². The van der Waals surface area contributed by atoms with Gasteiger partial charge in [-0.25, -0.2) is 0 Å². The zero-order valence-corrected chi connectivity index (χ0v) is 11.3. The molecule has 1 aromatic heterocycles. The van der Waals surface area contributed by atoms with Crippen molar-refractivity contribution >= 4 is 28.3 Å². The van der Waals surface area contributed by atoms with E-state index in [1.807, 2.05) is 30.3 Å². The van der Waals surface area contributed by atoms with Crippen LogP contribution in [0.5, 0.6) is 5.75 Å². The van der Waals surface area contributed by atoms with Crippen molar-refractivity contribution in [1.82, 2.24) is 4.98 Å². The highest BCUT2D eigenvalue weighted by atomic mass is 16.3. The molecule has 4 rings (SSSR count).